The second-order valence-electron chi connectivity index (χ2n) is 4.70. The summed E-state index contributed by atoms with van der Waals surface area (Å²) in [5.41, 5.74) is 1.64. The molecule has 1 fully saturated rings. The van der Waals surface area contributed by atoms with Crippen molar-refractivity contribution in [2.75, 3.05) is 7.11 Å². The molecule has 23 heavy (non-hydrogen) atoms. The van der Waals surface area contributed by atoms with E-state index in [4.69, 9.17) is 4.74 Å². The Labute approximate surface area is 146 Å². The van der Waals surface area contributed by atoms with Crippen LogP contribution in [0.15, 0.2) is 62.9 Å². The third kappa shape index (κ3) is 3.83. The Kier molecular flexibility index (Phi) is 4.83. The number of ether oxygens (including phenoxy) is 1. The average Bonchev–Trinajstić information content (AvgIpc) is 2.87. The number of aliphatic imine (C=N–C) groups is 1. The molecule has 1 saturated heterocycles. The molecule has 2 aromatic carbocycles. The number of nitrogens with one attached hydrogen (secondary N) is 1. The SMILES string of the molecule is COc1ccccc1/C=C1/SC(=Nc2cccc(Br)c2)NC1=O. The van der Waals surface area contributed by atoms with E-state index >= 15 is 0 Å². The summed E-state index contributed by atoms with van der Waals surface area (Å²) in [5, 5.41) is 3.34. The van der Waals surface area contributed by atoms with Crippen LogP contribution in [0.3, 0.4) is 0 Å². The quantitative estimate of drug-likeness (QED) is 0.795. The molecule has 6 heteroatoms. The standard InChI is InChI=1S/C17H13BrN2O2S/c1-22-14-8-3-2-5-11(14)9-15-16(21)20-17(23-15)19-13-7-4-6-12(18)10-13/h2-10H,1H3,(H,19,20,21)/b15-9+. The molecule has 1 heterocycles. The highest BCUT2D eigenvalue weighted by atomic mass is 79.9. The van der Waals surface area contributed by atoms with Gasteiger partial charge >= 0.3 is 0 Å². The van der Waals surface area contributed by atoms with Crippen molar-refractivity contribution in [2.24, 2.45) is 4.99 Å². The number of thioether (sulfide) groups is 1. The number of halogens is 1. The molecule has 116 valence electrons. The fourth-order valence-electron chi connectivity index (χ4n) is 2.07. The summed E-state index contributed by atoms with van der Waals surface area (Å²) in [6.45, 7) is 0. The fourth-order valence-corrected chi connectivity index (χ4v) is 3.29. The second kappa shape index (κ2) is 7.02. The number of hydrogen-bond donors (Lipinski definition) is 1. The normalized spacial score (nSPS) is 17.6. The minimum Gasteiger partial charge on any atom is -0.496 e. The number of benzene rings is 2. The van der Waals surface area contributed by atoms with Crippen molar-refractivity contribution >= 4 is 50.5 Å². The number of rotatable bonds is 3. The molecule has 0 bridgehead atoms. The lowest BCUT2D eigenvalue weighted by Crippen LogP contribution is -2.19. The van der Waals surface area contributed by atoms with Crippen molar-refractivity contribution in [3.05, 3.63) is 63.5 Å². The van der Waals surface area contributed by atoms with Gasteiger partial charge in [0.2, 0.25) is 0 Å². The highest BCUT2D eigenvalue weighted by Crippen LogP contribution is 2.30. The Balaban J connectivity index is 1.86. The molecule has 1 N–H and O–H groups in total. The maximum atomic E-state index is 12.1. The van der Waals surface area contributed by atoms with Crippen LogP contribution < -0.4 is 10.1 Å². The van der Waals surface area contributed by atoms with Crippen molar-refractivity contribution in [3.8, 4) is 5.75 Å². The van der Waals surface area contributed by atoms with Crippen molar-refractivity contribution in [1.29, 1.82) is 0 Å². The predicted octanol–water partition coefficient (Wildman–Crippen LogP) is 4.35. The lowest BCUT2D eigenvalue weighted by molar-refractivity contribution is -0.115. The molecule has 0 aliphatic carbocycles. The minimum absolute atomic E-state index is 0.158. The number of carbonyl (C=O) groups is 1. The van der Waals surface area contributed by atoms with Crippen molar-refractivity contribution in [1.82, 2.24) is 5.32 Å². The predicted molar refractivity (Wildman–Crippen MR) is 97.9 cm³/mol. The van der Waals surface area contributed by atoms with Gasteiger partial charge in [0.25, 0.3) is 5.91 Å². The van der Waals surface area contributed by atoms with Crippen LogP contribution in [0.4, 0.5) is 5.69 Å². The molecule has 0 spiro atoms. The van der Waals surface area contributed by atoms with Gasteiger partial charge in [-0.3, -0.25) is 4.79 Å². The van der Waals surface area contributed by atoms with Crippen molar-refractivity contribution < 1.29 is 9.53 Å². The zero-order chi connectivity index (χ0) is 16.2. The molecule has 0 radical (unpaired) electrons. The van der Waals surface area contributed by atoms with E-state index in [1.54, 1.807) is 7.11 Å². The average molecular weight is 389 g/mol. The molecule has 0 aromatic heterocycles. The first-order chi connectivity index (χ1) is 11.2. The van der Waals surface area contributed by atoms with Crippen LogP contribution in [0.2, 0.25) is 0 Å². The summed E-state index contributed by atoms with van der Waals surface area (Å²) in [5.74, 6) is 0.570. The first-order valence-corrected chi connectivity index (χ1v) is 8.45. The van der Waals surface area contributed by atoms with E-state index in [9.17, 15) is 4.79 Å². The summed E-state index contributed by atoms with van der Waals surface area (Å²) in [7, 11) is 1.61. The number of nitrogens with zero attached hydrogens (tertiary/aromatic N) is 1. The maximum Gasteiger partial charge on any atom is 0.264 e. The number of para-hydroxylation sites is 1. The summed E-state index contributed by atoms with van der Waals surface area (Å²) >= 11 is 4.72. The van der Waals surface area contributed by atoms with Gasteiger partial charge in [-0.2, -0.15) is 0 Å². The van der Waals surface area contributed by atoms with Crippen LogP contribution in [0.25, 0.3) is 6.08 Å². The van der Waals surface area contributed by atoms with Crippen LogP contribution >= 0.6 is 27.7 Å². The van der Waals surface area contributed by atoms with Gasteiger partial charge in [0.15, 0.2) is 5.17 Å². The molecule has 1 amide bonds. The Hall–Kier alpha value is -2.05. The van der Waals surface area contributed by atoms with Crippen molar-refractivity contribution in [3.63, 3.8) is 0 Å². The molecular weight excluding hydrogens is 376 g/mol. The zero-order valence-corrected chi connectivity index (χ0v) is 14.6. The highest BCUT2D eigenvalue weighted by molar-refractivity contribution is 9.10. The van der Waals surface area contributed by atoms with Crippen LogP contribution in [0, 0.1) is 0 Å². The monoisotopic (exact) mass is 388 g/mol. The molecule has 4 nitrogen and oxygen atoms in total. The Morgan fingerprint density at radius 3 is 2.83 bits per heavy atom. The summed E-state index contributed by atoms with van der Waals surface area (Å²) in [4.78, 5) is 17.2. The van der Waals surface area contributed by atoms with Gasteiger partial charge < -0.3 is 10.1 Å². The topological polar surface area (TPSA) is 50.7 Å². The first-order valence-electron chi connectivity index (χ1n) is 6.84. The molecule has 1 aliphatic heterocycles. The van der Waals surface area contributed by atoms with Crippen molar-refractivity contribution in [2.45, 2.75) is 0 Å². The number of amidine groups is 1. The van der Waals surface area contributed by atoms with E-state index in [1.807, 2.05) is 54.6 Å². The number of hydrogen-bond acceptors (Lipinski definition) is 4. The van der Waals surface area contributed by atoms with Crippen LogP contribution in [0.5, 0.6) is 5.75 Å². The Morgan fingerprint density at radius 2 is 2.04 bits per heavy atom. The molecule has 0 unspecified atom stereocenters. The number of methoxy groups -OCH3 is 1. The van der Waals surface area contributed by atoms with E-state index in [2.05, 4.69) is 26.2 Å². The van der Waals surface area contributed by atoms with Gasteiger partial charge in [-0.05, 0) is 42.1 Å². The zero-order valence-electron chi connectivity index (χ0n) is 12.2. The summed E-state index contributed by atoms with van der Waals surface area (Å²) in [6, 6.07) is 15.2. The number of carbonyl (C=O) groups excluding carboxylic acids is 1. The third-order valence-corrected chi connectivity index (χ3v) is 4.52. The lowest BCUT2D eigenvalue weighted by atomic mass is 10.2. The van der Waals surface area contributed by atoms with E-state index < -0.39 is 0 Å². The van der Waals surface area contributed by atoms with E-state index in [-0.39, 0.29) is 5.91 Å². The molecular formula is C17H13BrN2O2S. The van der Waals surface area contributed by atoms with Crippen LogP contribution in [-0.2, 0) is 4.79 Å². The van der Waals surface area contributed by atoms with Gasteiger partial charge in [-0.1, -0.05) is 40.2 Å². The van der Waals surface area contributed by atoms with Gasteiger partial charge in [0.05, 0.1) is 17.7 Å². The van der Waals surface area contributed by atoms with Gasteiger partial charge in [0, 0.05) is 10.0 Å². The van der Waals surface area contributed by atoms with Crippen LogP contribution in [0.1, 0.15) is 5.56 Å². The van der Waals surface area contributed by atoms with Gasteiger partial charge in [-0.25, -0.2) is 4.99 Å². The molecule has 2 aromatic rings. The van der Waals surface area contributed by atoms with Gasteiger partial charge in [0.1, 0.15) is 5.75 Å². The number of amides is 1. The fraction of sp³-hybridized carbons (Fsp3) is 0.0588. The minimum atomic E-state index is -0.158. The highest BCUT2D eigenvalue weighted by Gasteiger charge is 2.24. The van der Waals surface area contributed by atoms with Crippen LogP contribution in [-0.4, -0.2) is 18.2 Å². The lowest BCUT2D eigenvalue weighted by Gasteiger charge is -2.03. The summed E-state index contributed by atoms with van der Waals surface area (Å²) in [6.07, 6.45) is 1.81. The van der Waals surface area contributed by atoms with Gasteiger partial charge in [-0.15, -0.1) is 0 Å². The summed E-state index contributed by atoms with van der Waals surface area (Å²) < 4.78 is 6.25. The Morgan fingerprint density at radius 1 is 1.22 bits per heavy atom. The molecule has 0 atom stereocenters. The largest absolute Gasteiger partial charge is 0.496 e. The Bertz CT molecular complexity index is 818. The third-order valence-electron chi connectivity index (χ3n) is 3.12. The molecule has 1 aliphatic rings. The molecule has 0 saturated carbocycles. The van der Waals surface area contributed by atoms with E-state index in [1.165, 1.54) is 11.8 Å². The smallest absolute Gasteiger partial charge is 0.264 e. The second-order valence-corrected chi connectivity index (χ2v) is 6.65. The van der Waals surface area contributed by atoms with E-state index in [0.717, 1.165) is 21.5 Å². The first kappa shape index (κ1) is 15.8. The maximum absolute atomic E-state index is 12.1. The van der Waals surface area contributed by atoms with E-state index in [0.29, 0.717) is 10.1 Å². The molecule has 3 rings (SSSR count).